The first-order chi connectivity index (χ1) is 8.60. The van der Waals surface area contributed by atoms with Crippen LogP contribution in [0.15, 0.2) is 42.5 Å². The quantitative estimate of drug-likeness (QED) is 0.839. The number of rotatable bonds is 3. The van der Waals surface area contributed by atoms with E-state index in [0.717, 1.165) is 11.1 Å². The van der Waals surface area contributed by atoms with Crippen LogP contribution in [0.25, 0.3) is 11.1 Å². The molecule has 0 radical (unpaired) electrons. The van der Waals surface area contributed by atoms with E-state index < -0.39 is 0 Å². The van der Waals surface area contributed by atoms with Crippen molar-refractivity contribution < 1.29 is 0 Å². The van der Waals surface area contributed by atoms with Crippen molar-refractivity contribution >= 4 is 23.2 Å². The molecule has 3 heteroatoms. The maximum atomic E-state index is 6.01. The number of benzene rings is 2. The molecule has 1 nitrogen and oxygen atoms in total. The van der Waals surface area contributed by atoms with E-state index in [-0.39, 0.29) is 0 Å². The van der Waals surface area contributed by atoms with Gasteiger partial charge in [0.1, 0.15) is 0 Å². The van der Waals surface area contributed by atoms with Crippen molar-refractivity contribution in [1.82, 2.24) is 5.32 Å². The van der Waals surface area contributed by atoms with Gasteiger partial charge < -0.3 is 5.32 Å². The maximum Gasteiger partial charge on any atom is 0.0426 e. The second kappa shape index (κ2) is 5.75. The minimum absolute atomic E-state index is 0.349. The van der Waals surface area contributed by atoms with Crippen LogP contribution in [0.1, 0.15) is 18.5 Å². The fourth-order valence-corrected chi connectivity index (χ4v) is 2.38. The van der Waals surface area contributed by atoms with Crippen molar-refractivity contribution in [1.29, 1.82) is 0 Å². The van der Waals surface area contributed by atoms with E-state index in [4.69, 9.17) is 23.2 Å². The topological polar surface area (TPSA) is 12.0 Å². The average molecular weight is 280 g/mol. The standard InChI is InChI=1S/C15H15Cl2N/c1-10(18-2)11-3-5-12(6-4-11)13-7-14(16)9-15(17)8-13/h3-10,18H,1-2H3. The van der Waals surface area contributed by atoms with Crippen LogP contribution in [-0.4, -0.2) is 7.05 Å². The molecule has 0 bridgehead atoms. The molecule has 0 aromatic heterocycles. The van der Waals surface area contributed by atoms with Crippen molar-refractivity contribution in [2.75, 3.05) is 7.05 Å². The normalized spacial score (nSPS) is 12.4. The van der Waals surface area contributed by atoms with Crippen LogP contribution in [-0.2, 0) is 0 Å². The highest BCUT2D eigenvalue weighted by Crippen LogP contribution is 2.28. The fourth-order valence-electron chi connectivity index (χ4n) is 1.85. The summed E-state index contributed by atoms with van der Waals surface area (Å²) in [5, 5.41) is 4.53. The summed E-state index contributed by atoms with van der Waals surface area (Å²) in [5.74, 6) is 0. The number of hydrogen-bond acceptors (Lipinski definition) is 1. The molecule has 1 atom stereocenters. The Kier molecular flexibility index (Phi) is 4.28. The van der Waals surface area contributed by atoms with Gasteiger partial charge in [-0.2, -0.15) is 0 Å². The third kappa shape index (κ3) is 3.05. The molecule has 0 saturated carbocycles. The predicted octanol–water partition coefficient (Wildman–Crippen LogP) is 4.94. The Morgan fingerprint density at radius 3 is 1.94 bits per heavy atom. The van der Waals surface area contributed by atoms with Crippen LogP contribution < -0.4 is 5.32 Å². The predicted molar refractivity (Wildman–Crippen MR) is 79.4 cm³/mol. The lowest BCUT2D eigenvalue weighted by molar-refractivity contribution is 0.652. The lowest BCUT2D eigenvalue weighted by atomic mass is 10.0. The number of hydrogen-bond donors (Lipinski definition) is 1. The highest BCUT2D eigenvalue weighted by molar-refractivity contribution is 6.35. The smallest absolute Gasteiger partial charge is 0.0426 e. The highest BCUT2D eigenvalue weighted by atomic mass is 35.5. The monoisotopic (exact) mass is 279 g/mol. The Labute approximate surface area is 118 Å². The Morgan fingerprint density at radius 1 is 0.889 bits per heavy atom. The largest absolute Gasteiger partial charge is 0.313 e. The van der Waals surface area contributed by atoms with Gasteiger partial charge in [-0.05, 0) is 48.9 Å². The van der Waals surface area contributed by atoms with E-state index in [0.29, 0.717) is 16.1 Å². The summed E-state index contributed by atoms with van der Waals surface area (Å²) in [4.78, 5) is 0. The van der Waals surface area contributed by atoms with Gasteiger partial charge in [-0.1, -0.05) is 47.5 Å². The third-order valence-corrected chi connectivity index (χ3v) is 3.48. The van der Waals surface area contributed by atoms with E-state index >= 15 is 0 Å². The van der Waals surface area contributed by atoms with Gasteiger partial charge in [0.25, 0.3) is 0 Å². The average Bonchev–Trinajstić information content (AvgIpc) is 2.37. The lowest BCUT2D eigenvalue weighted by Crippen LogP contribution is -2.11. The summed E-state index contributed by atoms with van der Waals surface area (Å²) in [7, 11) is 1.95. The van der Waals surface area contributed by atoms with Gasteiger partial charge in [0, 0.05) is 16.1 Å². The van der Waals surface area contributed by atoms with Crippen LogP contribution in [0.4, 0.5) is 0 Å². The minimum atomic E-state index is 0.349. The zero-order valence-corrected chi connectivity index (χ0v) is 11.9. The first-order valence-electron chi connectivity index (χ1n) is 5.84. The molecule has 2 rings (SSSR count). The van der Waals surface area contributed by atoms with E-state index in [9.17, 15) is 0 Å². The Morgan fingerprint density at radius 2 is 1.44 bits per heavy atom. The fraction of sp³-hybridized carbons (Fsp3) is 0.200. The van der Waals surface area contributed by atoms with Crippen LogP contribution >= 0.6 is 23.2 Å². The van der Waals surface area contributed by atoms with E-state index in [2.05, 4.69) is 36.5 Å². The molecule has 0 heterocycles. The summed E-state index contributed by atoms with van der Waals surface area (Å²) < 4.78 is 0. The van der Waals surface area contributed by atoms with E-state index in [1.807, 2.05) is 19.2 Å². The van der Waals surface area contributed by atoms with E-state index in [1.54, 1.807) is 6.07 Å². The molecule has 2 aromatic rings. The van der Waals surface area contributed by atoms with Crippen molar-refractivity contribution in [2.24, 2.45) is 0 Å². The summed E-state index contributed by atoms with van der Waals surface area (Å²) in [6.45, 7) is 2.13. The van der Waals surface area contributed by atoms with Gasteiger partial charge in [0.15, 0.2) is 0 Å². The minimum Gasteiger partial charge on any atom is -0.313 e. The third-order valence-electron chi connectivity index (χ3n) is 3.04. The molecule has 1 unspecified atom stereocenters. The van der Waals surface area contributed by atoms with Crippen molar-refractivity contribution in [2.45, 2.75) is 13.0 Å². The lowest BCUT2D eigenvalue weighted by Gasteiger charge is -2.11. The first kappa shape index (κ1) is 13.4. The second-order valence-electron chi connectivity index (χ2n) is 4.29. The van der Waals surface area contributed by atoms with E-state index in [1.165, 1.54) is 5.56 Å². The Balaban J connectivity index is 2.34. The molecule has 1 N–H and O–H groups in total. The molecule has 0 spiro atoms. The van der Waals surface area contributed by atoms with Gasteiger partial charge in [-0.15, -0.1) is 0 Å². The zero-order valence-electron chi connectivity index (χ0n) is 10.4. The molecule has 0 aliphatic rings. The molecule has 0 aliphatic heterocycles. The van der Waals surface area contributed by atoms with Crippen molar-refractivity contribution in [3.05, 3.63) is 58.1 Å². The van der Waals surface area contributed by atoms with Gasteiger partial charge in [-0.3, -0.25) is 0 Å². The molecule has 0 fully saturated rings. The zero-order chi connectivity index (χ0) is 13.1. The first-order valence-corrected chi connectivity index (χ1v) is 6.59. The van der Waals surface area contributed by atoms with Gasteiger partial charge >= 0.3 is 0 Å². The highest BCUT2D eigenvalue weighted by Gasteiger charge is 2.04. The molecule has 18 heavy (non-hydrogen) atoms. The van der Waals surface area contributed by atoms with Gasteiger partial charge in [-0.25, -0.2) is 0 Å². The van der Waals surface area contributed by atoms with Crippen LogP contribution in [0.3, 0.4) is 0 Å². The molecular weight excluding hydrogens is 265 g/mol. The molecule has 94 valence electrons. The van der Waals surface area contributed by atoms with Crippen LogP contribution in [0.2, 0.25) is 10.0 Å². The summed E-state index contributed by atoms with van der Waals surface area (Å²) in [5.41, 5.74) is 3.41. The number of nitrogens with one attached hydrogen (secondary N) is 1. The van der Waals surface area contributed by atoms with Crippen LogP contribution in [0.5, 0.6) is 0 Å². The van der Waals surface area contributed by atoms with Crippen molar-refractivity contribution in [3.63, 3.8) is 0 Å². The van der Waals surface area contributed by atoms with Crippen molar-refractivity contribution in [3.8, 4) is 11.1 Å². The SMILES string of the molecule is CNC(C)c1ccc(-c2cc(Cl)cc(Cl)c2)cc1. The summed E-state index contributed by atoms with van der Waals surface area (Å²) >= 11 is 12.0. The maximum absolute atomic E-state index is 6.01. The van der Waals surface area contributed by atoms with Gasteiger partial charge in [0.05, 0.1) is 0 Å². The molecule has 0 aliphatic carbocycles. The Bertz CT molecular complexity index is 514. The summed E-state index contributed by atoms with van der Waals surface area (Å²) in [6, 6.07) is 14.3. The second-order valence-corrected chi connectivity index (χ2v) is 5.16. The van der Waals surface area contributed by atoms with Gasteiger partial charge in [0.2, 0.25) is 0 Å². The molecular formula is C15H15Cl2N. The summed E-state index contributed by atoms with van der Waals surface area (Å²) in [6.07, 6.45) is 0. The molecule has 0 saturated heterocycles. The molecule has 2 aromatic carbocycles. The Hall–Kier alpha value is -1.02. The molecule has 0 amide bonds. The van der Waals surface area contributed by atoms with Crippen LogP contribution in [0, 0.1) is 0 Å². The number of halogens is 2.